The van der Waals surface area contributed by atoms with Crippen molar-refractivity contribution in [2.24, 2.45) is 5.92 Å². The summed E-state index contributed by atoms with van der Waals surface area (Å²) in [6, 6.07) is 3.11. The number of halogens is 1. The molecule has 0 aromatic heterocycles. The average Bonchev–Trinajstić information content (AvgIpc) is 2.70. The number of nitrogen functional groups attached to an aromatic ring is 1. The van der Waals surface area contributed by atoms with Gasteiger partial charge in [-0.05, 0) is 44.8 Å². The van der Waals surface area contributed by atoms with E-state index in [2.05, 4.69) is 10.6 Å². The molecule has 8 heteroatoms. The molecule has 0 spiro atoms. The van der Waals surface area contributed by atoms with Crippen LogP contribution in [0.2, 0.25) is 5.02 Å². The van der Waals surface area contributed by atoms with Gasteiger partial charge in [-0.15, -0.1) is 0 Å². The Labute approximate surface area is 164 Å². The van der Waals surface area contributed by atoms with Gasteiger partial charge in [-0.1, -0.05) is 11.6 Å². The summed E-state index contributed by atoms with van der Waals surface area (Å²) in [6.45, 7) is 3.17. The number of benzene rings is 1. The van der Waals surface area contributed by atoms with Crippen molar-refractivity contribution < 1.29 is 14.3 Å². The molecule has 0 unspecified atom stereocenters. The van der Waals surface area contributed by atoms with Crippen LogP contribution < -0.4 is 21.1 Å². The van der Waals surface area contributed by atoms with Gasteiger partial charge in [0.15, 0.2) is 0 Å². The summed E-state index contributed by atoms with van der Waals surface area (Å²) in [6.07, 6.45) is 3.31. The van der Waals surface area contributed by atoms with Crippen molar-refractivity contribution in [3.63, 3.8) is 0 Å². The third kappa shape index (κ3) is 4.65. The Hall–Kier alpha value is -1.99. The number of carbonyl (C=O) groups is 2. The van der Waals surface area contributed by atoms with Crippen LogP contribution in [0.15, 0.2) is 12.1 Å². The van der Waals surface area contributed by atoms with Crippen LogP contribution in [0.4, 0.5) is 5.69 Å². The first-order chi connectivity index (χ1) is 13.0. The number of anilines is 1. The van der Waals surface area contributed by atoms with Crippen molar-refractivity contribution in [3.8, 4) is 5.75 Å². The van der Waals surface area contributed by atoms with Gasteiger partial charge in [-0.25, -0.2) is 0 Å². The van der Waals surface area contributed by atoms with E-state index in [0.717, 1.165) is 38.8 Å². The van der Waals surface area contributed by atoms with E-state index >= 15 is 0 Å². The van der Waals surface area contributed by atoms with Gasteiger partial charge in [0.1, 0.15) is 5.75 Å². The zero-order valence-corrected chi connectivity index (χ0v) is 16.3. The minimum absolute atomic E-state index is 0.0237. The number of hydrogen-bond donors (Lipinski definition) is 3. The minimum atomic E-state index is -0.239. The number of nitrogens with zero attached hydrogens (tertiary/aromatic N) is 1. The fraction of sp³-hybridized carbons (Fsp3) is 0.579. The van der Waals surface area contributed by atoms with Crippen LogP contribution in [0.1, 0.15) is 36.0 Å². The summed E-state index contributed by atoms with van der Waals surface area (Å²) >= 11 is 6.05. The van der Waals surface area contributed by atoms with E-state index in [1.54, 1.807) is 6.07 Å². The molecule has 2 aliphatic heterocycles. The Balaban J connectivity index is 1.55. The highest BCUT2D eigenvalue weighted by molar-refractivity contribution is 6.33. The SMILES string of the molecule is COc1cc(N)c(Cl)cc1C(=O)NC1CCN(C(=O)C2CCNCC2)CC1. The van der Waals surface area contributed by atoms with Crippen molar-refractivity contribution in [3.05, 3.63) is 22.7 Å². The van der Waals surface area contributed by atoms with Gasteiger partial charge in [0, 0.05) is 31.1 Å². The Morgan fingerprint density at radius 2 is 1.89 bits per heavy atom. The molecule has 2 amide bonds. The average molecular weight is 395 g/mol. The van der Waals surface area contributed by atoms with Crippen LogP contribution in [0.3, 0.4) is 0 Å². The van der Waals surface area contributed by atoms with E-state index in [4.69, 9.17) is 22.1 Å². The standard InChI is InChI=1S/C19H27ClN4O3/c1-27-17-11-16(21)15(20)10-14(17)18(25)23-13-4-8-24(9-5-13)19(26)12-2-6-22-7-3-12/h10-13,22H,2-9,21H2,1H3,(H,23,25). The lowest BCUT2D eigenvalue weighted by molar-refractivity contribution is -0.137. The van der Waals surface area contributed by atoms with Gasteiger partial charge in [-0.3, -0.25) is 9.59 Å². The second kappa shape index (κ2) is 8.80. The molecule has 2 fully saturated rings. The smallest absolute Gasteiger partial charge is 0.255 e. The van der Waals surface area contributed by atoms with Crippen LogP contribution in [-0.4, -0.2) is 56.0 Å². The lowest BCUT2D eigenvalue weighted by Crippen LogP contribution is -2.49. The molecule has 2 saturated heterocycles. The molecule has 4 N–H and O–H groups in total. The Bertz CT molecular complexity index is 698. The van der Waals surface area contributed by atoms with Crippen LogP contribution in [0, 0.1) is 5.92 Å². The van der Waals surface area contributed by atoms with Crippen molar-refractivity contribution >= 4 is 29.1 Å². The number of nitrogens with one attached hydrogen (secondary N) is 2. The van der Waals surface area contributed by atoms with E-state index in [9.17, 15) is 9.59 Å². The number of ether oxygens (including phenoxy) is 1. The molecule has 148 valence electrons. The molecule has 0 radical (unpaired) electrons. The van der Waals surface area contributed by atoms with Gasteiger partial charge >= 0.3 is 0 Å². The van der Waals surface area contributed by atoms with Crippen LogP contribution in [-0.2, 0) is 4.79 Å². The number of piperidine rings is 2. The molecule has 7 nitrogen and oxygen atoms in total. The third-order valence-electron chi connectivity index (χ3n) is 5.39. The molecule has 2 heterocycles. The van der Waals surface area contributed by atoms with E-state index in [1.807, 2.05) is 4.90 Å². The second-order valence-electron chi connectivity index (χ2n) is 7.17. The predicted molar refractivity (Wildman–Crippen MR) is 105 cm³/mol. The molecule has 0 aliphatic carbocycles. The van der Waals surface area contributed by atoms with Gasteiger partial charge in [-0.2, -0.15) is 0 Å². The third-order valence-corrected chi connectivity index (χ3v) is 5.72. The van der Waals surface area contributed by atoms with Gasteiger partial charge in [0.2, 0.25) is 5.91 Å². The van der Waals surface area contributed by atoms with E-state index in [0.29, 0.717) is 35.1 Å². The number of amides is 2. The first-order valence-electron chi connectivity index (χ1n) is 9.43. The fourth-order valence-electron chi connectivity index (χ4n) is 3.75. The number of carbonyl (C=O) groups excluding carboxylic acids is 2. The molecule has 1 aromatic carbocycles. The Morgan fingerprint density at radius 3 is 2.52 bits per heavy atom. The highest BCUT2D eigenvalue weighted by Crippen LogP contribution is 2.29. The maximum atomic E-state index is 12.6. The van der Waals surface area contributed by atoms with Crippen molar-refractivity contribution in [1.82, 2.24) is 15.5 Å². The molecular weight excluding hydrogens is 368 g/mol. The molecule has 0 atom stereocenters. The quantitative estimate of drug-likeness (QED) is 0.675. The topological polar surface area (TPSA) is 96.7 Å². The normalized spacial score (nSPS) is 19.0. The molecule has 27 heavy (non-hydrogen) atoms. The van der Waals surface area contributed by atoms with E-state index in [1.165, 1.54) is 13.2 Å². The maximum Gasteiger partial charge on any atom is 0.255 e. The molecule has 1 aromatic rings. The number of nitrogens with two attached hydrogens (primary N) is 1. The van der Waals surface area contributed by atoms with Gasteiger partial charge in [0.05, 0.1) is 23.4 Å². The van der Waals surface area contributed by atoms with Crippen LogP contribution >= 0.6 is 11.6 Å². The highest BCUT2D eigenvalue weighted by atomic mass is 35.5. The largest absolute Gasteiger partial charge is 0.496 e. The van der Waals surface area contributed by atoms with E-state index in [-0.39, 0.29) is 23.8 Å². The van der Waals surface area contributed by atoms with E-state index < -0.39 is 0 Å². The monoisotopic (exact) mass is 394 g/mol. The predicted octanol–water partition coefficient (Wildman–Crippen LogP) is 1.65. The lowest BCUT2D eigenvalue weighted by atomic mass is 9.95. The first kappa shape index (κ1) is 19.8. The lowest BCUT2D eigenvalue weighted by Gasteiger charge is -2.35. The van der Waals surface area contributed by atoms with Crippen molar-refractivity contribution in [2.75, 3.05) is 39.0 Å². The van der Waals surface area contributed by atoms with Gasteiger partial charge < -0.3 is 26.0 Å². The summed E-state index contributed by atoms with van der Waals surface area (Å²) in [7, 11) is 1.49. The summed E-state index contributed by atoms with van der Waals surface area (Å²) in [5.74, 6) is 0.552. The fourth-order valence-corrected chi connectivity index (χ4v) is 3.91. The highest BCUT2D eigenvalue weighted by Gasteiger charge is 2.30. The molecule has 0 bridgehead atoms. The second-order valence-corrected chi connectivity index (χ2v) is 7.58. The number of rotatable bonds is 4. The first-order valence-corrected chi connectivity index (χ1v) is 9.80. The zero-order valence-electron chi connectivity index (χ0n) is 15.6. The minimum Gasteiger partial charge on any atom is -0.496 e. The summed E-state index contributed by atoms with van der Waals surface area (Å²) < 4.78 is 5.25. The Kier molecular flexibility index (Phi) is 6.44. The maximum absolute atomic E-state index is 12.6. The summed E-state index contributed by atoms with van der Waals surface area (Å²) in [5.41, 5.74) is 6.51. The molecule has 2 aliphatic rings. The summed E-state index contributed by atoms with van der Waals surface area (Å²) in [5, 5.41) is 6.64. The van der Waals surface area contributed by atoms with Gasteiger partial charge in [0.25, 0.3) is 5.91 Å². The number of methoxy groups -OCH3 is 1. The van der Waals surface area contributed by atoms with Crippen LogP contribution in [0.5, 0.6) is 5.75 Å². The van der Waals surface area contributed by atoms with Crippen molar-refractivity contribution in [1.29, 1.82) is 0 Å². The zero-order chi connectivity index (χ0) is 19.4. The molecule has 3 rings (SSSR count). The number of hydrogen-bond acceptors (Lipinski definition) is 5. The summed E-state index contributed by atoms with van der Waals surface area (Å²) in [4.78, 5) is 27.2. The molecular formula is C19H27ClN4O3. The number of likely N-dealkylation sites (tertiary alicyclic amines) is 1. The van der Waals surface area contributed by atoms with Crippen LogP contribution in [0.25, 0.3) is 0 Å². The van der Waals surface area contributed by atoms with Crippen molar-refractivity contribution in [2.45, 2.75) is 31.7 Å². The molecule has 0 saturated carbocycles. The Morgan fingerprint density at radius 1 is 1.22 bits per heavy atom.